The number of nitrogens with one attached hydrogen (secondary N) is 6. The molecule has 1 aliphatic heterocycles. The fourth-order valence-corrected chi connectivity index (χ4v) is 7.07. The van der Waals surface area contributed by atoms with Gasteiger partial charge >= 0.3 is 11.9 Å². The number of carbonyl (C=O) groups is 5. The summed E-state index contributed by atoms with van der Waals surface area (Å²) in [7, 11) is 0. The molecule has 2 atom stereocenters. The number of nitrogen functional groups attached to an aromatic ring is 2. The van der Waals surface area contributed by atoms with Gasteiger partial charge in [-0.15, -0.1) is 0 Å². The molecule has 0 unspecified atom stereocenters. The second-order valence-electron chi connectivity index (χ2n) is 13.6. The number of amides is 3. The first kappa shape index (κ1) is 39.4. The van der Waals surface area contributed by atoms with Crippen molar-refractivity contribution in [3.8, 4) is 0 Å². The van der Waals surface area contributed by atoms with Gasteiger partial charge in [-0.3, -0.25) is 28.8 Å². The molecule has 2 aromatic carbocycles. The molecule has 0 spiro atoms. The quantitative estimate of drug-likeness (QED) is 0.0677. The van der Waals surface area contributed by atoms with Crippen LogP contribution in [0.2, 0.25) is 0 Å². The minimum Gasteiger partial charge on any atom is -0.481 e. The number of hydrogen-bond donors (Lipinski definition) is 10. The number of H-pyrrole nitrogens is 3. The van der Waals surface area contributed by atoms with Crippen molar-refractivity contribution >= 4 is 58.4 Å². The predicted octanol–water partition coefficient (Wildman–Crippen LogP) is 1.34. The lowest BCUT2D eigenvalue weighted by Gasteiger charge is -2.27. The highest BCUT2D eigenvalue weighted by molar-refractivity contribution is 6.08. The number of fused-ring (bicyclic) bond motifs is 2. The Bertz CT molecular complexity index is 2510. The molecule has 0 saturated carbocycles. The number of aromatic amines is 3. The van der Waals surface area contributed by atoms with Gasteiger partial charge in [0.15, 0.2) is 0 Å². The van der Waals surface area contributed by atoms with E-state index in [0.717, 1.165) is 12.0 Å². The summed E-state index contributed by atoms with van der Waals surface area (Å²) in [5, 5.41) is 26.4. The van der Waals surface area contributed by atoms with Crippen LogP contribution in [-0.2, 0) is 39.1 Å². The van der Waals surface area contributed by atoms with Crippen LogP contribution in [0.4, 0.5) is 17.7 Å². The molecule has 296 valence electrons. The number of carboxylic acid groups (broad SMARTS) is 2. The number of rotatable bonds is 16. The molecule has 3 aromatic heterocycles. The van der Waals surface area contributed by atoms with Crippen LogP contribution in [0.5, 0.6) is 0 Å². The van der Waals surface area contributed by atoms with E-state index in [2.05, 4.69) is 40.9 Å². The smallest absolute Gasteiger partial charge is 0.326 e. The van der Waals surface area contributed by atoms with Gasteiger partial charge in [-0.25, -0.2) is 4.79 Å². The number of anilines is 3. The molecule has 0 fully saturated rings. The predicted molar refractivity (Wildman–Crippen MR) is 207 cm³/mol. The Morgan fingerprint density at radius 3 is 2.05 bits per heavy atom. The number of benzene rings is 2. The molecule has 12 N–H and O–H groups in total. The number of aromatic nitrogens is 5. The molecule has 0 bridgehead atoms. The molecule has 1 aliphatic rings. The van der Waals surface area contributed by atoms with Crippen molar-refractivity contribution in [1.29, 1.82) is 0 Å². The van der Waals surface area contributed by atoms with Gasteiger partial charge in [0, 0.05) is 29.8 Å². The minimum atomic E-state index is -1.74. The van der Waals surface area contributed by atoms with Gasteiger partial charge in [0.05, 0.1) is 10.9 Å². The molecule has 0 radical (unpaired) electrons. The molecule has 6 rings (SSSR count). The van der Waals surface area contributed by atoms with Gasteiger partial charge in [0.1, 0.15) is 22.9 Å². The summed E-state index contributed by atoms with van der Waals surface area (Å²) in [5.74, 6) is -4.45. The molecule has 4 heterocycles. The number of carboxylic acids is 2. The van der Waals surface area contributed by atoms with Gasteiger partial charge in [-0.2, -0.15) is 9.97 Å². The fraction of sp³-hybridized carbons (Fsp3) is 0.289. The van der Waals surface area contributed by atoms with Crippen LogP contribution in [0.1, 0.15) is 81.3 Å². The maximum atomic E-state index is 14.4. The first-order valence-electron chi connectivity index (χ1n) is 18.1. The summed E-state index contributed by atoms with van der Waals surface area (Å²) in [6, 6.07) is 11.7. The third-order valence-electron chi connectivity index (χ3n) is 9.88. The molecule has 0 aliphatic carbocycles. The number of aliphatic carboxylic acids is 2. The highest BCUT2D eigenvalue weighted by atomic mass is 16.4. The zero-order chi connectivity index (χ0) is 41.0. The van der Waals surface area contributed by atoms with Crippen LogP contribution in [0.25, 0.3) is 11.0 Å². The largest absolute Gasteiger partial charge is 0.481 e. The lowest BCUT2D eigenvalue weighted by molar-refractivity contribution is -0.140. The molecule has 19 nitrogen and oxygen atoms in total. The van der Waals surface area contributed by atoms with Gasteiger partial charge in [-0.1, -0.05) is 31.2 Å². The van der Waals surface area contributed by atoms with Crippen LogP contribution in [0.3, 0.4) is 0 Å². The van der Waals surface area contributed by atoms with E-state index in [-0.39, 0.29) is 83.6 Å². The Balaban J connectivity index is 1.37. The Labute approximate surface area is 322 Å². The van der Waals surface area contributed by atoms with Gasteiger partial charge in [0.25, 0.3) is 22.9 Å². The Hall–Kier alpha value is -7.31. The normalized spacial score (nSPS) is 15.1. The lowest BCUT2D eigenvalue weighted by atomic mass is 9.73. The molecular weight excluding hydrogens is 740 g/mol. The van der Waals surface area contributed by atoms with Crippen LogP contribution < -0.4 is 38.5 Å². The highest BCUT2D eigenvalue weighted by Crippen LogP contribution is 2.46. The summed E-state index contributed by atoms with van der Waals surface area (Å²) in [4.78, 5) is 106. The second-order valence-corrected chi connectivity index (χ2v) is 13.6. The van der Waals surface area contributed by atoms with Gasteiger partial charge < -0.3 is 52.6 Å². The summed E-state index contributed by atoms with van der Waals surface area (Å²) in [5.41, 5.74) is 11.4. The van der Waals surface area contributed by atoms with Crippen LogP contribution in [-0.4, -0.2) is 77.4 Å². The number of carbonyl (C=O) groups excluding carboxylic acids is 3. The standard InChI is InChI=1S/C38H40N10O9/c1-2-17-41-30(51)20-8-5-19(6-9-20)15-16-38(26-29(44-35(38)57)46-37(40)48-33(26)54)27-22(25-28(43-27)45-36(39)47-32(25)53)12-7-18-3-10-21(11-4-18)31(52)42-23(34(55)56)13-14-24(49)50/h3-6,8-11,23H,2,7,12-17H2,1H3,(H,41,51)(H,42,52)(H,49,50)(H,55,56)(H4,39,43,45,47,53)(H4,40,44,46,48,54,57)/t23-,38+/m0/s1. The molecule has 5 aromatic rings. The van der Waals surface area contributed by atoms with Crippen molar-refractivity contribution < 1.29 is 34.2 Å². The van der Waals surface area contributed by atoms with E-state index < -0.39 is 52.7 Å². The molecule has 19 heteroatoms. The first-order chi connectivity index (χ1) is 27.2. The fourth-order valence-electron chi connectivity index (χ4n) is 7.07. The van der Waals surface area contributed by atoms with Gasteiger partial charge in [-0.05, 0) is 79.5 Å². The van der Waals surface area contributed by atoms with Crippen LogP contribution in [0.15, 0.2) is 58.1 Å². The number of nitrogens with zero attached hydrogens (tertiary/aromatic N) is 2. The Kier molecular flexibility index (Phi) is 11.2. The average molecular weight is 781 g/mol. The number of aryl methyl sites for hydroxylation is 3. The van der Waals surface area contributed by atoms with Crippen molar-refractivity contribution in [1.82, 2.24) is 35.6 Å². The first-order valence-corrected chi connectivity index (χ1v) is 18.1. The van der Waals surface area contributed by atoms with E-state index in [0.29, 0.717) is 23.2 Å². The molecule has 0 saturated heterocycles. The molecule has 57 heavy (non-hydrogen) atoms. The third-order valence-corrected chi connectivity index (χ3v) is 9.88. The lowest BCUT2D eigenvalue weighted by Crippen LogP contribution is -2.41. The number of nitrogens with two attached hydrogens (primary N) is 2. The van der Waals surface area contributed by atoms with Gasteiger partial charge in [0.2, 0.25) is 17.8 Å². The van der Waals surface area contributed by atoms with E-state index in [9.17, 15) is 38.7 Å². The van der Waals surface area contributed by atoms with Crippen LogP contribution in [0, 0.1) is 0 Å². The monoisotopic (exact) mass is 780 g/mol. The summed E-state index contributed by atoms with van der Waals surface area (Å²) in [6.07, 6.45) is 0.648. The zero-order valence-corrected chi connectivity index (χ0v) is 30.7. The third kappa shape index (κ3) is 8.07. The van der Waals surface area contributed by atoms with Crippen molar-refractivity contribution in [2.45, 2.75) is 63.3 Å². The van der Waals surface area contributed by atoms with E-state index in [4.69, 9.17) is 16.6 Å². The SMILES string of the molecule is CCCNC(=O)c1ccc(CC[C@@]2(c3[nH]c4[nH]c(N)nc(=O)c4c3CCc3ccc(C(=O)N[C@@H](CCC(=O)O)C(=O)O)cc3)C(=O)Nc3[nH]c(N)nc(=O)c32)cc1. The van der Waals surface area contributed by atoms with Crippen molar-refractivity contribution in [3.63, 3.8) is 0 Å². The molecule has 3 amide bonds. The summed E-state index contributed by atoms with van der Waals surface area (Å²) < 4.78 is 0. The van der Waals surface area contributed by atoms with E-state index in [1.807, 2.05) is 6.92 Å². The van der Waals surface area contributed by atoms with E-state index in [1.54, 1.807) is 36.4 Å². The van der Waals surface area contributed by atoms with Crippen molar-refractivity contribution in [2.24, 2.45) is 0 Å². The zero-order valence-electron chi connectivity index (χ0n) is 30.7. The highest BCUT2D eigenvalue weighted by Gasteiger charge is 2.53. The van der Waals surface area contributed by atoms with Crippen molar-refractivity contribution in [3.05, 3.63) is 108 Å². The summed E-state index contributed by atoms with van der Waals surface area (Å²) in [6.45, 7) is 2.47. The molecular formula is C38H40N10O9. The topological polar surface area (TPSA) is 321 Å². The average Bonchev–Trinajstić information content (AvgIpc) is 3.68. The Morgan fingerprint density at radius 1 is 0.807 bits per heavy atom. The maximum absolute atomic E-state index is 14.4. The van der Waals surface area contributed by atoms with Crippen LogP contribution >= 0.6 is 0 Å². The Morgan fingerprint density at radius 2 is 1.42 bits per heavy atom. The summed E-state index contributed by atoms with van der Waals surface area (Å²) >= 11 is 0. The van der Waals surface area contributed by atoms with Crippen molar-refractivity contribution in [2.75, 3.05) is 23.3 Å². The number of hydrogen-bond acceptors (Lipinski definition) is 11. The maximum Gasteiger partial charge on any atom is 0.326 e. The second kappa shape index (κ2) is 16.2. The van der Waals surface area contributed by atoms with E-state index >= 15 is 0 Å². The van der Waals surface area contributed by atoms with E-state index in [1.165, 1.54) is 12.1 Å². The minimum absolute atomic E-state index is 0.00637.